The standard InChI is InChI=1S/C14H10ClF4N3O3.C13H8ClF4N3O3/c1-6(23)20-9-4-10(8(16)3-7(9)15)22-12(24)5-11(14(17,18)19)21(2)13(22)25;1-5(22)19-8-3-9(7(15)2-6(8)14)21-11(23)4-10(13(16,17)18)20-12(21)24/h3-5H,1-2H3,(H,20,23);2-4H,1H3,(H,19,22)(H,20,24). The molecule has 0 fully saturated rings. The Kier molecular flexibility index (Phi) is 11.0. The Balaban J connectivity index is 0.000000266. The molecule has 2 heterocycles. The number of amides is 2. The molecule has 2 aromatic carbocycles. The van der Waals surface area contributed by atoms with Gasteiger partial charge in [-0.3, -0.25) is 23.7 Å². The zero-order chi connectivity index (χ0) is 37.3. The fourth-order valence-electron chi connectivity index (χ4n) is 3.98. The van der Waals surface area contributed by atoms with Crippen molar-refractivity contribution in [2.24, 2.45) is 7.05 Å². The van der Waals surface area contributed by atoms with Crippen molar-refractivity contribution in [2.45, 2.75) is 26.2 Å². The van der Waals surface area contributed by atoms with Gasteiger partial charge in [-0.2, -0.15) is 26.3 Å². The van der Waals surface area contributed by atoms with Crippen LogP contribution >= 0.6 is 23.2 Å². The topological polar surface area (TPSA) is 157 Å². The van der Waals surface area contributed by atoms with Gasteiger partial charge in [-0.1, -0.05) is 23.2 Å². The minimum atomic E-state index is -4.95. The number of rotatable bonds is 4. The molecule has 0 unspecified atom stereocenters. The maximum atomic E-state index is 14.2. The highest BCUT2D eigenvalue weighted by Crippen LogP contribution is 2.30. The van der Waals surface area contributed by atoms with Crippen LogP contribution in [0, 0.1) is 11.6 Å². The van der Waals surface area contributed by atoms with E-state index in [4.69, 9.17) is 23.2 Å². The molecule has 0 saturated carbocycles. The van der Waals surface area contributed by atoms with Gasteiger partial charge in [0.2, 0.25) is 11.8 Å². The Bertz CT molecular complexity index is 2190. The highest BCUT2D eigenvalue weighted by molar-refractivity contribution is 6.34. The summed E-state index contributed by atoms with van der Waals surface area (Å²) in [5.41, 5.74) is -10.3. The second-order valence-corrected chi connectivity index (χ2v) is 10.4. The van der Waals surface area contributed by atoms with Crippen LogP contribution < -0.4 is 33.1 Å². The van der Waals surface area contributed by atoms with Gasteiger partial charge in [0, 0.05) is 33.0 Å². The molecule has 0 bridgehead atoms. The van der Waals surface area contributed by atoms with Crippen LogP contribution in [-0.2, 0) is 29.0 Å². The van der Waals surface area contributed by atoms with Gasteiger partial charge in [0.15, 0.2) is 0 Å². The number of hydrogen-bond acceptors (Lipinski definition) is 6. The molecule has 3 N–H and O–H groups in total. The maximum Gasteiger partial charge on any atom is 0.431 e. The predicted molar refractivity (Wildman–Crippen MR) is 158 cm³/mol. The van der Waals surface area contributed by atoms with E-state index in [0.717, 1.165) is 39.1 Å². The number of anilines is 2. The average molecular weight is 745 g/mol. The van der Waals surface area contributed by atoms with Crippen molar-refractivity contribution < 1.29 is 44.7 Å². The number of halogens is 10. The quantitative estimate of drug-likeness (QED) is 0.260. The van der Waals surface area contributed by atoms with E-state index in [1.165, 1.54) is 4.98 Å². The number of aromatic nitrogens is 4. The molecule has 12 nitrogen and oxygen atoms in total. The third-order valence-electron chi connectivity index (χ3n) is 6.03. The molecule has 22 heteroatoms. The number of aromatic amines is 1. The molecule has 0 aliphatic heterocycles. The highest BCUT2D eigenvalue weighted by atomic mass is 35.5. The number of hydrogen-bond donors (Lipinski definition) is 3. The molecule has 0 atom stereocenters. The third kappa shape index (κ3) is 8.62. The van der Waals surface area contributed by atoms with Crippen molar-refractivity contribution >= 4 is 46.4 Å². The third-order valence-corrected chi connectivity index (χ3v) is 6.65. The number of benzene rings is 2. The smallest absolute Gasteiger partial charge is 0.325 e. The van der Waals surface area contributed by atoms with Crippen molar-refractivity contribution in [1.29, 1.82) is 0 Å². The maximum absolute atomic E-state index is 14.2. The van der Waals surface area contributed by atoms with Gasteiger partial charge >= 0.3 is 23.7 Å². The summed E-state index contributed by atoms with van der Waals surface area (Å²) < 4.78 is 105. The van der Waals surface area contributed by atoms with Crippen LogP contribution in [0.5, 0.6) is 0 Å². The van der Waals surface area contributed by atoms with Crippen molar-refractivity contribution in [3.63, 3.8) is 0 Å². The monoisotopic (exact) mass is 744 g/mol. The lowest BCUT2D eigenvalue weighted by molar-refractivity contribution is -0.144. The van der Waals surface area contributed by atoms with Crippen molar-refractivity contribution in [2.75, 3.05) is 10.6 Å². The normalized spacial score (nSPS) is 11.4. The van der Waals surface area contributed by atoms with Crippen LogP contribution in [0.25, 0.3) is 11.4 Å². The Morgan fingerprint density at radius 1 is 0.694 bits per heavy atom. The first-order valence-corrected chi connectivity index (χ1v) is 13.6. The average Bonchev–Trinajstić information content (AvgIpc) is 2.93. The van der Waals surface area contributed by atoms with Crippen LogP contribution in [0.4, 0.5) is 46.5 Å². The number of nitrogens with one attached hydrogen (secondary N) is 3. The van der Waals surface area contributed by atoms with E-state index >= 15 is 0 Å². The second-order valence-electron chi connectivity index (χ2n) is 9.63. The predicted octanol–water partition coefficient (Wildman–Crippen LogP) is 4.60. The Morgan fingerprint density at radius 2 is 1.12 bits per heavy atom. The summed E-state index contributed by atoms with van der Waals surface area (Å²) in [6, 6.07) is 3.48. The van der Waals surface area contributed by atoms with Crippen LogP contribution in [0.1, 0.15) is 25.2 Å². The molecule has 2 amide bonds. The molecule has 0 aliphatic rings. The lowest BCUT2D eigenvalue weighted by Gasteiger charge is -2.15. The van der Waals surface area contributed by atoms with Gasteiger partial charge in [-0.15, -0.1) is 0 Å². The number of alkyl halides is 6. The lowest BCUT2D eigenvalue weighted by Crippen LogP contribution is -2.41. The van der Waals surface area contributed by atoms with E-state index in [2.05, 4.69) is 10.6 Å². The largest absolute Gasteiger partial charge is 0.431 e. The zero-order valence-corrected chi connectivity index (χ0v) is 26.0. The Hall–Kier alpha value is -5.24. The van der Waals surface area contributed by atoms with Gasteiger partial charge in [-0.05, 0) is 24.3 Å². The van der Waals surface area contributed by atoms with Gasteiger partial charge in [0.05, 0.1) is 32.8 Å². The lowest BCUT2D eigenvalue weighted by atomic mass is 10.2. The first-order valence-electron chi connectivity index (χ1n) is 12.8. The molecule has 262 valence electrons. The fourth-order valence-corrected chi connectivity index (χ4v) is 4.38. The molecule has 0 spiro atoms. The zero-order valence-electron chi connectivity index (χ0n) is 24.5. The summed E-state index contributed by atoms with van der Waals surface area (Å²) in [5, 5.41) is 4.06. The molecule has 49 heavy (non-hydrogen) atoms. The van der Waals surface area contributed by atoms with Crippen LogP contribution in [0.15, 0.2) is 55.6 Å². The van der Waals surface area contributed by atoms with E-state index in [1.54, 1.807) is 0 Å². The van der Waals surface area contributed by atoms with E-state index in [1.807, 2.05) is 0 Å². The van der Waals surface area contributed by atoms with Gasteiger partial charge in [0.25, 0.3) is 11.1 Å². The Labute approximate surface area is 276 Å². The number of nitrogens with zero attached hydrogens (tertiary/aromatic N) is 3. The first kappa shape index (κ1) is 38.2. The summed E-state index contributed by atoms with van der Waals surface area (Å²) in [6.45, 7) is 2.28. The SMILES string of the molecule is CC(=O)Nc1cc(-n2c(=O)cc(C(F)(F)F)[nH]c2=O)c(F)cc1Cl.CC(=O)Nc1cc(-n2c(=O)cc(C(F)(F)F)n(C)c2=O)c(F)cc1Cl. The van der Waals surface area contributed by atoms with Crippen molar-refractivity contribution in [3.8, 4) is 11.4 Å². The van der Waals surface area contributed by atoms with Gasteiger partial charge in [0.1, 0.15) is 23.0 Å². The van der Waals surface area contributed by atoms with E-state index in [0.29, 0.717) is 6.07 Å². The molecule has 2 aromatic heterocycles. The molecule has 4 aromatic rings. The van der Waals surface area contributed by atoms with Crippen LogP contribution in [-0.4, -0.2) is 30.5 Å². The van der Waals surface area contributed by atoms with Crippen molar-refractivity contribution in [3.05, 3.63) is 111 Å². The van der Waals surface area contributed by atoms with E-state index < -0.39 is 81.1 Å². The fraction of sp³-hybridized carbons (Fsp3) is 0.185. The minimum absolute atomic E-state index is 0.112. The van der Waals surface area contributed by atoms with Crippen LogP contribution in [0.2, 0.25) is 10.0 Å². The summed E-state index contributed by atoms with van der Waals surface area (Å²) in [6.07, 6.45) is -9.89. The number of carbonyl (C=O) groups excluding carboxylic acids is 2. The molecule has 0 saturated heterocycles. The van der Waals surface area contributed by atoms with Crippen LogP contribution in [0.3, 0.4) is 0 Å². The summed E-state index contributed by atoms with van der Waals surface area (Å²) in [5.74, 6) is -3.39. The molecule has 4 rings (SSSR count). The minimum Gasteiger partial charge on any atom is -0.325 e. The summed E-state index contributed by atoms with van der Waals surface area (Å²) in [4.78, 5) is 71.4. The molecule has 0 radical (unpaired) electrons. The Morgan fingerprint density at radius 3 is 1.51 bits per heavy atom. The van der Waals surface area contributed by atoms with E-state index in [-0.39, 0.29) is 47.3 Å². The molecular formula is C27H18Cl2F8N6O6. The van der Waals surface area contributed by atoms with Gasteiger partial charge < -0.3 is 15.6 Å². The van der Waals surface area contributed by atoms with Crippen molar-refractivity contribution in [1.82, 2.24) is 18.7 Å². The van der Waals surface area contributed by atoms with E-state index in [9.17, 15) is 63.9 Å². The molecule has 0 aliphatic carbocycles. The van der Waals surface area contributed by atoms with Gasteiger partial charge in [-0.25, -0.2) is 27.5 Å². The summed E-state index contributed by atoms with van der Waals surface area (Å²) in [7, 11) is 0.795. The highest BCUT2D eigenvalue weighted by Gasteiger charge is 2.35. The number of carbonyl (C=O) groups is 2. The summed E-state index contributed by atoms with van der Waals surface area (Å²) >= 11 is 11.5. The molecular weight excluding hydrogens is 727 g/mol. The first-order chi connectivity index (χ1) is 22.4. The number of H-pyrrole nitrogens is 1. The second kappa shape index (κ2) is 14.1.